The molecule has 0 amide bonds. The summed E-state index contributed by atoms with van der Waals surface area (Å²) >= 11 is 6.60. The Bertz CT molecular complexity index is 650. The summed E-state index contributed by atoms with van der Waals surface area (Å²) in [5, 5.41) is 22.1. The molecule has 0 aliphatic heterocycles. The average Bonchev–Trinajstić information content (AvgIpc) is 2.41. The normalized spacial score (nSPS) is 9.95. The minimum atomic E-state index is 0.214. The van der Waals surface area contributed by atoms with Crippen molar-refractivity contribution in [1.29, 1.82) is 5.26 Å². The highest BCUT2D eigenvalue weighted by molar-refractivity contribution is 9.10. The number of rotatable bonds is 3. The third-order valence-electron chi connectivity index (χ3n) is 2.64. The number of aromatic hydroxyl groups is 1. The Morgan fingerprint density at radius 3 is 2.74 bits per heavy atom. The van der Waals surface area contributed by atoms with E-state index in [1.165, 1.54) is 0 Å². The molecule has 0 radical (unpaired) electrons. The van der Waals surface area contributed by atoms with Crippen LogP contribution in [-0.2, 0) is 6.54 Å². The first-order valence-corrected chi connectivity index (χ1v) is 7.10. The van der Waals surface area contributed by atoms with Gasteiger partial charge in [-0.2, -0.15) is 5.26 Å². The Morgan fingerprint density at radius 1 is 1.21 bits per heavy atom. The zero-order chi connectivity index (χ0) is 13.8. The molecule has 0 saturated carbocycles. The zero-order valence-corrected chi connectivity index (χ0v) is 13.0. The monoisotopic (exact) mass is 380 g/mol. The van der Waals surface area contributed by atoms with E-state index in [1.807, 2.05) is 24.3 Å². The lowest BCUT2D eigenvalue weighted by Gasteiger charge is -2.10. The van der Waals surface area contributed by atoms with Crippen molar-refractivity contribution in [3.05, 3.63) is 56.5 Å². The third kappa shape index (κ3) is 3.28. The van der Waals surface area contributed by atoms with E-state index < -0.39 is 0 Å². The Morgan fingerprint density at radius 2 is 2.00 bits per heavy atom. The van der Waals surface area contributed by atoms with E-state index in [2.05, 4.69) is 43.2 Å². The molecule has 3 nitrogen and oxygen atoms in total. The second kappa shape index (κ2) is 6.09. The van der Waals surface area contributed by atoms with Gasteiger partial charge in [-0.3, -0.25) is 0 Å². The van der Waals surface area contributed by atoms with Gasteiger partial charge in [0.05, 0.1) is 15.7 Å². The van der Waals surface area contributed by atoms with Gasteiger partial charge in [-0.05, 0) is 40.2 Å². The van der Waals surface area contributed by atoms with Crippen molar-refractivity contribution in [1.82, 2.24) is 0 Å². The maximum absolute atomic E-state index is 9.89. The van der Waals surface area contributed by atoms with Crippen LogP contribution in [0.15, 0.2) is 45.3 Å². The number of hydrogen-bond donors (Lipinski definition) is 2. The number of phenolic OH excluding ortho intramolecular Hbond substituents is 1. The fourth-order valence-electron chi connectivity index (χ4n) is 1.66. The molecule has 96 valence electrons. The first kappa shape index (κ1) is 13.9. The molecule has 0 saturated heterocycles. The quantitative estimate of drug-likeness (QED) is 0.828. The second-order valence-corrected chi connectivity index (χ2v) is 5.67. The van der Waals surface area contributed by atoms with Gasteiger partial charge in [0, 0.05) is 16.6 Å². The highest BCUT2D eigenvalue weighted by Crippen LogP contribution is 2.28. The van der Waals surface area contributed by atoms with Crippen molar-refractivity contribution in [3.63, 3.8) is 0 Å². The molecule has 0 aromatic heterocycles. The molecule has 19 heavy (non-hydrogen) atoms. The Balaban J connectivity index is 2.20. The molecule has 2 aromatic carbocycles. The molecule has 0 heterocycles. The fourth-order valence-corrected chi connectivity index (χ4v) is 2.42. The number of anilines is 1. The van der Waals surface area contributed by atoms with Gasteiger partial charge >= 0.3 is 0 Å². The second-order valence-electron chi connectivity index (χ2n) is 3.90. The summed E-state index contributed by atoms with van der Waals surface area (Å²) in [6.45, 7) is 0.446. The van der Waals surface area contributed by atoms with Crippen LogP contribution in [0.1, 0.15) is 11.1 Å². The molecular formula is C14H10Br2N2O. The predicted octanol–water partition coefficient (Wildman–Crippen LogP) is 4.40. The van der Waals surface area contributed by atoms with E-state index in [4.69, 9.17) is 5.26 Å². The molecule has 0 aliphatic rings. The molecule has 0 fully saturated rings. The van der Waals surface area contributed by atoms with E-state index >= 15 is 0 Å². The zero-order valence-electron chi connectivity index (χ0n) is 9.82. The van der Waals surface area contributed by atoms with Gasteiger partial charge in [-0.15, -0.1) is 0 Å². The minimum Gasteiger partial charge on any atom is -0.506 e. The summed E-state index contributed by atoms with van der Waals surface area (Å²) in [5.74, 6) is 0.214. The first-order valence-electron chi connectivity index (χ1n) is 5.51. The van der Waals surface area contributed by atoms with Crippen LogP contribution in [0.4, 0.5) is 5.69 Å². The fraction of sp³-hybridized carbons (Fsp3) is 0.0714. The van der Waals surface area contributed by atoms with Crippen molar-refractivity contribution in [2.45, 2.75) is 6.54 Å². The number of nitriles is 1. The van der Waals surface area contributed by atoms with Gasteiger partial charge in [-0.1, -0.05) is 28.1 Å². The Kier molecular flexibility index (Phi) is 4.46. The highest BCUT2D eigenvalue weighted by Gasteiger charge is 2.06. The number of benzene rings is 2. The van der Waals surface area contributed by atoms with Gasteiger partial charge in [0.1, 0.15) is 11.8 Å². The van der Waals surface area contributed by atoms with Crippen molar-refractivity contribution >= 4 is 37.5 Å². The maximum Gasteiger partial charge on any atom is 0.134 e. The van der Waals surface area contributed by atoms with Gasteiger partial charge in [0.2, 0.25) is 0 Å². The number of nitrogens with zero attached hydrogens (tertiary/aromatic N) is 1. The van der Waals surface area contributed by atoms with Crippen LogP contribution >= 0.6 is 31.9 Å². The van der Waals surface area contributed by atoms with E-state index in [0.29, 0.717) is 16.6 Å². The van der Waals surface area contributed by atoms with Crippen molar-refractivity contribution in [3.8, 4) is 11.8 Å². The first-order chi connectivity index (χ1) is 9.11. The maximum atomic E-state index is 9.89. The largest absolute Gasteiger partial charge is 0.506 e. The van der Waals surface area contributed by atoms with Crippen LogP contribution in [0.2, 0.25) is 0 Å². The SMILES string of the molecule is N#Cc1cc(Br)ccc1NCc1cccc(Br)c1O. The molecule has 0 bridgehead atoms. The van der Waals surface area contributed by atoms with Crippen molar-refractivity contribution in [2.75, 3.05) is 5.32 Å². The summed E-state index contributed by atoms with van der Waals surface area (Å²) < 4.78 is 1.52. The third-order valence-corrected chi connectivity index (χ3v) is 3.77. The molecule has 0 spiro atoms. The van der Waals surface area contributed by atoms with Gasteiger partial charge in [0.15, 0.2) is 0 Å². The Labute approximate surface area is 128 Å². The van der Waals surface area contributed by atoms with E-state index in [-0.39, 0.29) is 5.75 Å². The van der Waals surface area contributed by atoms with Crippen LogP contribution in [0.3, 0.4) is 0 Å². The van der Waals surface area contributed by atoms with Gasteiger partial charge in [0.25, 0.3) is 0 Å². The van der Waals surface area contributed by atoms with Gasteiger partial charge < -0.3 is 10.4 Å². The van der Waals surface area contributed by atoms with E-state index in [9.17, 15) is 5.11 Å². The molecule has 5 heteroatoms. The molecular weight excluding hydrogens is 372 g/mol. The standard InChI is InChI=1S/C14H10Br2N2O/c15-11-4-5-13(10(6-11)7-17)18-8-9-2-1-3-12(16)14(9)19/h1-6,18-19H,8H2. The van der Waals surface area contributed by atoms with Crippen LogP contribution < -0.4 is 5.32 Å². The molecule has 0 aliphatic carbocycles. The number of phenols is 1. The summed E-state index contributed by atoms with van der Waals surface area (Å²) in [4.78, 5) is 0. The number of halogens is 2. The van der Waals surface area contributed by atoms with Crippen LogP contribution in [0.25, 0.3) is 0 Å². The summed E-state index contributed by atoms with van der Waals surface area (Å²) in [6.07, 6.45) is 0. The molecule has 0 atom stereocenters. The Hall–Kier alpha value is -1.51. The summed E-state index contributed by atoms with van der Waals surface area (Å²) in [5.41, 5.74) is 2.06. The molecule has 0 unspecified atom stereocenters. The number of hydrogen-bond acceptors (Lipinski definition) is 3. The number of nitrogens with one attached hydrogen (secondary N) is 1. The van der Waals surface area contributed by atoms with Crippen LogP contribution in [0.5, 0.6) is 5.75 Å². The topological polar surface area (TPSA) is 56.0 Å². The minimum absolute atomic E-state index is 0.214. The lowest BCUT2D eigenvalue weighted by molar-refractivity contribution is 0.465. The van der Waals surface area contributed by atoms with Gasteiger partial charge in [-0.25, -0.2) is 0 Å². The van der Waals surface area contributed by atoms with Crippen molar-refractivity contribution in [2.24, 2.45) is 0 Å². The molecule has 2 rings (SSSR count). The molecule has 2 N–H and O–H groups in total. The number of para-hydroxylation sites is 1. The van der Waals surface area contributed by atoms with E-state index in [1.54, 1.807) is 12.1 Å². The highest BCUT2D eigenvalue weighted by atomic mass is 79.9. The van der Waals surface area contributed by atoms with Crippen LogP contribution in [0, 0.1) is 11.3 Å². The van der Waals surface area contributed by atoms with E-state index in [0.717, 1.165) is 15.7 Å². The summed E-state index contributed by atoms with van der Waals surface area (Å²) in [7, 11) is 0. The van der Waals surface area contributed by atoms with Crippen molar-refractivity contribution < 1.29 is 5.11 Å². The summed E-state index contributed by atoms with van der Waals surface area (Å²) in [6, 6.07) is 13.0. The molecule has 2 aromatic rings. The van der Waals surface area contributed by atoms with Crippen LogP contribution in [-0.4, -0.2) is 5.11 Å². The average molecular weight is 382 g/mol. The lowest BCUT2D eigenvalue weighted by atomic mass is 10.1. The predicted molar refractivity (Wildman–Crippen MR) is 82.0 cm³/mol. The smallest absolute Gasteiger partial charge is 0.134 e. The lowest BCUT2D eigenvalue weighted by Crippen LogP contribution is -2.01.